The zero-order valence-corrected chi connectivity index (χ0v) is 9.70. The van der Waals surface area contributed by atoms with E-state index in [9.17, 15) is 4.79 Å². The second-order valence-corrected chi connectivity index (χ2v) is 5.64. The van der Waals surface area contributed by atoms with Gasteiger partial charge < -0.3 is 5.11 Å². The minimum atomic E-state index is -0.622. The molecule has 0 spiro atoms. The second-order valence-electron chi connectivity index (χ2n) is 5.64. The van der Waals surface area contributed by atoms with Gasteiger partial charge in [-0.3, -0.25) is 9.69 Å². The fourth-order valence-corrected chi connectivity index (χ4v) is 3.29. The van der Waals surface area contributed by atoms with Crippen LogP contribution in [0.1, 0.15) is 46.0 Å². The van der Waals surface area contributed by atoms with Crippen LogP contribution in [0.5, 0.6) is 0 Å². The molecule has 1 aliphatic heterocycles. The van der Waals surface area contributed by atoms with Gasteiger partial charge in [0.1, 0.15) is 0 Å². The van der Waals surface area contributed by atoms with Crippen LogP contribution in [-0.4, -0.2) is 34.1 Å². The standard InChI is InChI=1S/C12H21NO2/c1-12(2)7-9(11(14)15)8-13(12)10-5-3-4-6-10/h9-10H,3-8H2,1-2H3,(H,14,15). The highest BCUT2D eigenvalue weighted by Gasteiger charge is 2.44. The minimum Gasteiger partial charge on any atom is -0.481 e. The summed E-state index contributed by atoms with van der Waals surface area (Å²) in [5.41, 5.74) is 0.0814. The molecule has 1 atom stereocenters. The molecule has 3 nitrogen and oxygen atoms in total. The lowest BCUT2D eigenvalue weighted by Crippen LogP contribution is -2.44. The number of carbonyl (C=O) groups is 1. The molecule has 1 N–H and O–H groups in total. The molecule has 1 saturated heterocycles. The lowest BCUT2D eigenvalue weighted by Gasteiger charge is -2.36. The first-order valence-electron chi connectivity index (χ1n) is 6.00. The van der Waals surface area contributed by atoms with Crippen LogP contribution in [0.15, 0.2) is 0 Å². The number of nitrogens with zero attached hydrogens (tertiary/aromatic N) is 1. The Morgan fingerprint density at radius 1 is 1.33 bits per heavy atom. The molecule has 0 radical (unpaired) electrons. The van der Waals surface area contributed by atoms with Crippen LogP contribution < -0.4 is 0 Å². The van der Waals surface area contributed by atoms with Crippen molar-refractivity contribution in [1.82, 2.24) is 4.90 Å². The molecule has 1 saturated carbocycles. The number of carboxylic acids is 1. The highest BCUT2D eigenvalue weighted by molar-refractivity contribution is 5.71. The van der Waals surface area contributed by atoms with Gasteiger partial charge in [0.15, 0.2) is 0 Å². The summed E-state index contributed by atoms with van der Waals surface area (Å²) in [6.07, 6.45) is 5.95. The molecule has 0 aromatic heterocycles. The van der Waals surface area contributed by atoms with Crippen LogP contribution in [0.2, 0.25) is 0 Å². The molecule has 0 aromatic rings. The van der Waals surface area contributed by atoms with Gasteiger partial charge in [0.05, 0.1) is 5.92 Å². The Morgan fingerprint density at radius 2 is 1.93 bits per heavy atom. The lowest BCUT2D eigenvalue weighted by atomic mass is 9.96. The number of rotatable bonds is 2. The monoisotopic (exact) mass is 211 g/mol. The first-order chi connectivity index (χ1) is 7.00. The van der Waals surface area contributed by atoms with Crippen LogP contribution in [-0.2, 0) is 4.79 Å². The highest BCUT2D eigenvalue weighted by atomic mass is 16.4. The van der Waals surface area contributed by atoms with E-state index in [4.69, 9.17) is 5.11 Å². The van der Waals surface area contributed by atoms with Crippen molar-refractivity contribution in [3.05, 3.63) is 0 Å². The van der Waals surface area contributed by atoms with Crippen molar-refractivity contribution in [3.8, 4) is 0 Å². The van der Waals surface area contributed by atoms with Crippen molar-refractivity contribution in [2.24, 2.45) is 5.92 Å². The van der Waals surface area contributed by atoms with Crippen LogP contribution in [0.4, 0.5) is 0 Å². The Balaban J connectivity index is 2.07. The minimum absolute atomic E-state index is 0.0814. The quantitative estimate of drug-likeness (QED) is 0.760. The number of hydrogen-bond donors (Lipinski definition) is 1. The molecular weight excluding hydrogens is 190 g/mol. The Kier molecular flexibility index (Phi) is 2.75. The first-order valence-corrected chi connectivity index (χ1v) is 6.00. The Bertz CT molecular complexity index is 256. The maximum Gasteiger partial charge on any atom is 0.307 e. The van der Waals surface area contributed by atoms with Crippen LogP contribution >= 0.6 is 0 Å². The van der Waals surface area contributed by atoms with Gasteiger partial charge in [0.25, 0.3) is 0 Å². The molecule has 1 unspecified atom stereocenters. The molecule has 0 aromatic carbocycles. The summed E-state index contributed by atoms with van der Waals surface area (Å²) in [4.78, 5) is 13.5. The van der Waals surface area contributed by atoms with E-state index in [1.165, 1.54) is 25.7 Å². The van der Waals surface area contributed by atoms with E-state index in [1.54, 1.807) is 0 Å². The summed E-state index contributed by atoms with van der Waals surface area (Å²) in [7, 11) is 0. The molecule has 2 aliphatic rings. The number of aliphatic carboxylic acids is 1. The number of hydrogen-bond acceptors (Lipinski definition) is 2. The lowest BCUT2D eigenvalue weighted by molar-refractivity contribution is -0.141. The molecule has 2 fully saturated rings. The second kappa shape index (κ2) is 3.78. The molecule has 0 bridgehead atoms. The SMILES string of the molecule is CC1(C)CC(C(=O)O)CN1C1CCCC1. The maximum absolute atomic E-state index is 11.0. The van der Waals surface area contributed by atoms with Crippen LogP contribution in [0.3, 0.4) is 0 Å². The zero-order chi connectivity index (χ0) is 11.1. The fraction of sp³-hybridized carbons (Fsp3) is 0.917. The third-order valence-electron chi connectivity index (χ3n) is 4.06. The third kappa shape index (κ3) is 2.03. The average molecular weight is 211 g/mol. The molecule has 3 heteroatoms. The first kappa shape index (κ1) is 10.9. The van der Waals surface area contributed by atoms with Crippen molar-refractivity contribution in [3.63, 3.8) is 0 Å². The van der Waals surface area contributed by atoms with Crippen molar-refractivity contribution < 1.29 is 9.90 Å². The third-order valence-corrected chi connectivity index (χ3v) is 4.06. The van der Waals surface area contributed by atoms with Gasteiger partial charge in [-0.2, -0.15) is 0 Å². The predicted octanol–water partition coefficient (Wildman–Crippen LogP) is 2.11. The summed E-state index contributed by atoms with van der Waals surface area (Å²) in [6.45, 7) is 5.13. The summed E-state index contributed by atoms with van der Waals surface area (Å²) in [5, 5.41) is 9.08. The topological polar surface area (TPSA) is 40.5 Å². The van der Waals surface area contributed by atoms with Gasteiger partial charge in [-0.1, -0.05) is 12.8 Å². The van der Waals surface area contributed by atoms with Crippen molar-refractivity contribution in [2.75, 3.05) is 6.54 Å². The van der Waals surface area contributed by atoms with Gasteiger partial charge in [-0.05, 0) is 33.1 Å². The van der Waals surface area contributed by atoms with Gasteiger partial charge >= 0.3 is 5.97 Å². The summed E-state index contributed by atoms with van der Waals surface area (Å²) in [6, 6.07) is 0.643. The van der Waals surface area contributed by atoms with Gasteiger partial charge in [0.2, 0.25) is 0 Å². The van der Waals surface area contributed by atoms with E-state index in [2.05, 4.69) is 18.7 Å². The van der Waals surface area contributed by atoms with E-state index < -0.39 is 5.97 Å². The van der Waals surface area contributed by atoms with E-state index in [-0.39, 0.29) is 11.5 Å². The molecular formula is C12H21NO2. The summed E-state index contributed by atoms with van der Waals surface area (Å²) in [5.74, 6) is -0.774. The predicted molar refractivity (Wildman–Crippen MR) is 58.8 cm³/mol. The summed E-state index contributed by atoms with van der Waals surface area (Å²) < 4.78 is 0. The number of carboxylic acid groups (broad SMARTS) is 1. The van der Waals surface area contributed by atoms with E-state index >= 15 is 0 Å². The Morgan fingerprint density at radius 3 is 2.40 bits per heavy atom. The van der Waals surface area contributed by atoms with E-state index in [1.807, 2.05) is 0 Å². The molecule has 86 valence electrons. The largest absolute Gasteiger partial charge is 0.481 e. The van der Waals surface area contributed by atoms with Gasteiger partial charge in [0, 0.05) is 18.1 Å². The highest BCUT2D eigenvalue weighted by Crippen LogP contribution is 2.38. The molecule has 1 heterocycles. The smallest absolute Gasteiger partial charge is 0.307 e. The van der Waals surface area contributed by atoms with Crippen LogP contribution in [0, 0.1) is 5.92 Å². The van der Waals surface area contributed by atoms with Crippen molar-refractivity contribution >= 4 is 5.97 Å². The Hall–Kier alpha value is -0.570. The van der Waals surface area contributed by atoms with Gasteiger partial charge in [-0.25, -0.2) is 0 Å². The fourth-order valence-electron chi connectivity index (χ4n) is 3.29. The number of likely N-dealkylation sites (tertiary alicyclic amines) is 1. The average Bonchev–Trinajstić information content (AvgIpc) is 2.70. The van der Waals surface area contributed by atoms with Gasteiger partial charge in [-0.15, -0.1) is 0 Å². The van der Waals surface area contributed by atoms with Crippen molar-refractivity contribution in [1.29, 1.82) is 0 Å². The molecule has 0 amide bonds. The van der Waals surface area contributed by atoms with E-state index in [0.717, 1.165) is 13.0 Å². The molecule has 1 aliphatic carbocycles. The normalized spacial score (nSPS) is 32.3. The van der Waals surface area contributed by atoms with E-state index in [0.29, 0.717) is 6.04 Å². The Labute approximate surface area is 91.5 Å². The maximum atomic E-state index is 11.0. The van der Waals surface area contributed by atoms with Crippen LogP contribution in [0.25, 0.3) is 0 Å². The molecule has 15 heavy (non-hydrogen) atoms. The molecule has 2 rings (SSSR count). The zero-order valence-electron chi connectivity index (χ0n) is 9.70. The van der Waals surface area contributed by atoms with Crippen molar-refractivity contribution in [2.45, 2.75) is 57.5 Å². The summed E-state index contributed by atoms with van der Waals surface area (Å²) >= 11 is 0.